The fraction of sp³-hybridized carbons (Fsp3) is 0.571. The fourth-order valence-electron chi connectivity index (χ4n) is 2.14. The zero-order valence-corrected chi connectivity index (χ0v) is 11.0. The standard InChI is InChI=1S/C14H23FN2/c1-4-9-17(10-5-2)13-8-6-7-12(15)14(13)11(3)16/h6-8,11H,4-5,9-10,16H2,1-3H3/t11-/m0/s1. The van der Waals surface area contributed by atoms with Gasteiger partial charge >= 0.3 is 0 Å². The summed E-state index contributed by atoms with van der Waals surface area (Å²) in [6.07, 6.45) is 2.10. The molecule has 0 aliphatic rings. The summed E-state index contributed by atoms with van der Waals surface area (Å²) < 4.78 is 13.8. The second kappa shape index (κ2) is 6.60. The third kappa shape index (κ3) is 3.43. The molecule has 0 radical (unpaired) electrons. The van der Waals surface area contributed by atoms with Crippen molar-refractivity contribution < 1.29 is 4.39 Å². The van der Waals surface area contributed by atoms with Crippen LogP contribution in [-0.2, 0) is 0 Å². The summed E-state index contributed by atoms with van der Waals surface area (Å²) in [6, 6.07) is 4.93. The maximum absolute atomic E-state index is 13.8. The molecule has 96 valence electrons. The van der Waals surface area contributed by atoms with Crippen molar-refractivity contribution in [3.8, 4) is 0 Å². The van der Waals surface area contributed by atoms with E-state index < -0.39 is 0 Å². The topological polar surface area (TPSA) is 29.3 Å². The predicted molar refractivity (Wildman–Crippen MR) is 71.8 cm³/mol. The van der Waals surface area contributed by atoms with Crippen LogP contribution in [0.2, 0.25) is 0 Å². The number of nitrogens with two attached hydrogens (primary N) is 1. The van der Waals surface area contributed by atoms with Crippen LogP contribution in [0.25, 0.3) is 0 Å². The summed E-state index contributed by atoms with van der Waals surface area (Å²) >= 11 is 0. The van der Waals surface area contributed by atoms with E-state index in [0.29, 0.717) is 5.56 Å². The van der Waals surface area contributed by atoms with Crippen LogP contribution in [0.5, 0.6) is 0 Å². The minimum atomic E-state index is -0.276. The summed E-state index contributed by atoms with van der Waals surface area (Å²) in [5.41, 5.74) is 7.46. The highest BCUT2D eigenvalue weighted by Gasteiger charge is 2.16. The molecule has 17 heavy (non-hydrogen) atoms. The number of hydrogen-bond donors (Lipinski definition) is 1. The van der Waals surface area contributed by atoms with Crippen molar-refractivity contribution in [2.24, 2.45) is 5.73 Å². The lowest BCUT2D eigenvalue weighted by Gasteiger charge is -2.27. The normalized spacial score (nSPS) is 12.5. The van der Waals surface area contributed by atoms with Gasteiger partial charge in [0, 0.05) is 30.4 Å². The van der Waals surface area contributed by atoms with E-state index in [1.165, 1.54) is 6.07 Å². The molecule has 1 aromatic rings. The first-order chi connectivity index (χ1) is 8.11. The van der Waals surface area contributed by atoms with Crippen LogP contribution < -0.4 is 10.6 Å². The molecule has 0 amide bonds. The molecule has 3 heteroatoms. The van der Waals surface area contributed by atoms with Crippen LogP contribution in [0.1, 0.15) is 45.2 Å². The third-order valence-corrected chi connectivity index (χ3v) is 2.81. The minimum absolute atomic E-state index is 0.199. The Morgan fingerprint density at radius 2 is 1.82 bits per heavy atom. The second-order valence-corrected chi connectivity index (χ2v) is 4.45. The zero-order valence-electron chi connectivity index (χ0n) is 11.0. The molecule has 1 atom stereocenters. The largest absolute Gasteiger partial charge is 0.371 e. The highest BCUT2D eigenvalue weighted by atomic mass is 19.1. The van der Waals surface area contributed by atoms with Gasteiger partial charge in [0.25, 0.3) is 0 Å². The van der Waals surface area contributed by atoms with Gasteiger partial charge in [-0.15, -0.1) is 0 Å². The molecule has 1 aromatic carbocycles. The van der Waals surface area contributed by atoms with Crippen LogP contribution in [0.3, 0.4) is 0 Å². The molecule has 0 aliphatic carbocycles. The van der Waals surface area contributed by atoms with E-state index in [0.717, 1.165) is 31.6 Å². The Bertz CT molecular complexity index is 344. The van der Waals surface area contributed by atoms with Crippen LogP contribution in [0.15, 0.2) is 18.2 Å². The SMILES string of the molecule is CCCN(CCC)c1cccc(F)c1[C@H](C)N. The van der Waals surface area contributed by atoms with Gasteiger partial charge in [0.2, 0.25) is 0 Å². The molecule has 0 fully saturated rings. The van der Waals surface area contributed by atoms with Crippen molar-refractivity contribution in [3.63, 3.8) is 0 Å². The third-order valence-electron chi connectivity index (χ3n) is 2.81. The Balaban J connectivity index is 3.12. The van der Waals surface area contributed by atoms with Gasteiger partial charge in [-0.25, -0.2) is 4.39 Å². The van der Waals surface area contributed by atoms with Gasteiger partial charge in [0.05, 0.1) is 0 Å². The summed E-state index contributed by atoms with van der Waals surface area (Å²) in [7, 11) is 0. The number of hydrogen-bond acceptors (Lipinski definition) is 2. The first kappa shape index (κ1) is 14.0. The molecule has 0 bridgehead atoms. The smallest absolute Gasteiger partial charge is 0.130 e. The number of halogens is 1. The molecule has 0 saturated heterocycles. The highest BCUT2D eigenvalue weighted by molar-refractivity contribution is 5.55. The Morgan fingerprint density at radius 3 is 2.29 bits per heavy atom. The molecule has 0 unspecified atom stereocenters. The van der Waals surface area contributed by atoms with Gasteiger partial charge in [0.1, 0.15) is 5.82 Å². The quantitative estimate of drug-likeness (QED) is 0.822. The molecule has 2 nitrogen and oxygen atoms in total. The van der Waals surface area contributed by atoms with E-state index in [2.05, 4.69) is 18.7 Å². The van der Waals surface area contributed by atoms with Crippen LogP contribution in [-0.4, -0.2) is 13.1 Å². The van der Waals surface area contributed by atoms with Crippen molar-refractivity contribution in [3.05, 3.63) is 29.6 Å². The molecule has 0 heterocycles. The van der Waals surface area contributed by atoms with E-state index in [9.17, 15) is 4.39 Å². The molecular weight excluding hydrogens is 215 g/mol. The average molecular weight is 238 g/mol. The average Bonchev–Trinajstić information content (AvgIpc) is 2.28. The highest BCUT2D eigenvalue weighted by Crippen LogP contribution is 2.28. The van der Waals surface area contributed by atoms with E-state index >= 15 is 0 Å². The Kier molecular flexibility index (Phi) is 5.42. The summed E-state index contributed by atoms with van der Waals surface area (Å²) in [4.78, 5) is 2.22. The maximum atomic E-state index is 13.8. The van der Waals surface area contributed by atoms with Crippen molar-refractivity contribution in [2.75, 3.05) is 18.0 Å². The number of rotatable bonds is 6. The number of anilines is 1. The van der Waals surface area contributed by atoms with Crippen molar-refractivity contribution in [1.29, 1.82) is 0 Å². The van der Waals surface area contributed by atoms with Crippen LogP contribution in [0, 0.1) is 5.82 Å². The van der Waals surface area contributed by atoms with Gasteiger partial charge in [-0.3, -0.25) is 0 Å². The van der Waals surface area contributed by atoms with E-state index in [-0.39, 0.29) is 11.9 Å². The van der Waals surface area contributed by atoms with Gasteiger partial charge in [0.15, 0.2) is 0 Å². The first-order valence-electron chi connectivity index (χ1n) is 6.40. The summed E-state index contributed by atoms with van der Waals surface area (Å²) in [5.74, 6) is -0.199. The second-order valence-electron chi connectivity index (χ2n) is 4.45. The molecule has 0 aliphatic heterocycles. The lowest BCUT2D eigenvalue weighted by Crippen LogP contribution is -2.27. The first-order valence-corrected chi connectivity index (χ1v) is 6.40. The zero-order chi connectivity index (χ0) is 12.8. The Morgan fingerprint density at radius 1 is 1.24 bits per heavy atom. The summed E-state index contributed by atoms with van der Waals surface area (Å²) in [5, 5.41) is 0. The molecular formula is C14H23FN2. The Hall–Kier alpha value is -1.09. The monoisotopic (exact) mass is 238 g/mol. The molecule has 0 spiro atoms. The van der Waals surface area contributed by atoms with Crippen LogP contribution in [0.4, 0.5) is 10.1 Å². The van der Waals surface area contributed by atoms with Crippen molar-refractivity contribution in [1.82, 2.24) is 0 Å². The van der Waals surface area contributed by atoms with Crippen molar-refractivity contribution >= 4 is 5.69 Å². The number of nitrogens with zero attached hydrogens (tertiary/aromatic N) is 1. The fourth-order valence-corrected chi connectivity index (χ4v) is 2.14. The lowest BCUT2D eigenvalue weighted by molar-refractivity contribution is 0.590. The minimum Gasteiger partial charge on any atom is -0.371 e. The molecule has 0 aromatic heterocycles. The Labute approximate surface area is 104 Å². The van der Waals surface area contributed by atoms with E-state index in [1.807, 2.05) is 13.0 Å². The van der Waals surface area contributed by atoms with Gasteiger partial charge in [-0.05, 0) is 31.9 Å². The van der Waals surface area contributed by atoms with E-state index in [4.69, 9.17) is 5.73 Å². The van der Waals surface area contributed by atoms with Gasteiger partial charge in [-0.1, -0.05) is 19.9 Å². The molecule has 2 N–H and O–H groups in total. The summed E-state index contributed by atoms with van der Waals surface area (Å²) in [6.45, 7) is 7.98. The van der Waals surface area contributed by atoms with Gasteiger partial charge < -0.3 is 10.6 Å². The van der Waals surface area contributed by atoms with Crippen LogP contribution >= 0.6 is 0 Å². The van der Waals surface area contributed by atoms with Crippen molar-refractivity contribution in [2.45, 2.75) is 39.7 Å². The molecule has 0 saturated carbocycles. The predicted octanol–water partition coefficient (Wildman–Crippen LogP) is 3.47. The molecule has 1 rings (SSSR count). The lowest BCUT2D eigenvalue weighted by atomic mass is 10.0. The maximum Gasteiger partial charge on any atom is 0.130 e. The van der Waals surface area contributed by atoms with E-state index in [1.54, 1.807) is 6.07 Å². The van der Waals surface area contributed by atoms with Gasteiger partial charge in [-0.2, -0.15) is 0 Å². The number of benzene rings is 1.